The summed E-state index contributed by atoms with van der Waals surface area (Å²) >= 11 is 9.43. The number of hydrogen-bond acceptors (Lipinski definition) is 3. The monoisotopic (exact) mass is 336 g/mol. The van der Waals surface area contributed by atoms with Crippen LogP contribution in [-0.2, 0) is 6.54 Å². The van der Waals surface area contributed by atoms with Crippen LogP contribution in [0, 0.1) is 0 Å². The third kappa shape index (κ3) is 2.60. The Labute approximate surface area is 123 Å². The van der Waals surface area contributed by atoms with E-state index in [4.69, 9.17) is 16.0 Å². The van der Waals surface area contributed by atoms with Gasteiger partial charge in [-0.2, -0.15) is 0 Å². The fourth-order valence-electron chi connectivity index (χ4n) is 1.90. The predicted octanol–water partition coefficient (Wildman–Crippen LogP) is 4.86. The number of pyridine rings is 1. The molecule has 0 aliphatic rings. The van der Waals surface area contributed by atoms with Crippen molar-refractivity contribution in [1.82, 2.24) is 4.98 Å². The smallest absolute Gasteiger partial charge is 0.199 e. The van der Waals surface area contributed by atoms with E-state index in [1.54, 1.807) is 6.20 Å². The van der Waals surface area contributed by atoms with Crippen molar-refractivity contribution in [1.29, 1.82) is 0 Å². The van der Waals surface area contributed by atoms with E-state index >= 15 is 0 Å². The lowest BCUT2D eigenvalue weighted by Gasteiger charge is -2.05. The van der Waals surface area contributed by atoms with Gasteiger partial charge in [0.05, 0.1) is 11.9 Å². The average Bonchev–Trinajstić information content (AvgIpc) is 2.74. The lowest BCUT2D eigenvalue weighted by molar-refractivity contribution is 0.613. The second-order valence-electron chi connectivity index (χ2n) is 4.07. The molecule has 0 saturated heterocycles. The topological polar surface area (TPSA) is 38.1 Å². The summed E-state index contributed by atoms with van der Waals surface area (Å²) in [4.78, 5) is 4.16. The van der Waals surface area contributed by atoms with Crippen LogP contribution in [0.15, 0.2) is 51.6 Å². The zero-order valence-electron chi connectivity index (χ0n) is 9.86. The second kappa shape index (κ2) is 5.23. The van der Waals surface area contributed by atoms with Gasteiger partial charge in [0.25, 0.3) is 0 Å². The standard InChI is InChI=1S/C14H10BrClN2O/c15-13-6-5-9(7-18-13)17-8-11-10-3-1-2-4-12(10)19-14(11)16/h1-7,17H,8H2. The molecule has 0 amide bonds. The maximum atomic E-state index is 6.13. The van der Waals surface area contributed by atoms with Crippen LogP contribution >= 0.6 is 27.5 Å². The Morgan fingerprint density at radius 1 is 1.21 bits per heavy atom. The predicted molar refractivity (Wildman–Crippen MR) is 80.5 cm³/mol. The third-order valence-corrected chi connectivity index (χ3v) is 3.62. The molecule has 0 spiro atoms. The SMILES string of the molecule is Clc1oc2ccccc2c1CNc1ccc(Br)nc1. The van der Waals surface area contributed by atoms with E-state index in [-0.39, 0.29) is 0 Å². The van der Waals surface area contributed by atoms with Gasteiger partial charge in [0.1, 0.15) is 10.2 Å². The molecular weight excluding hydrogens is 328 g/mol. The molecule has 0 radical (unpaired) electrons. The lowest BCUT2D eigenvalue weighted by Crippen LogP contribution is -1.99. The first-order valence-electron chi connectivity index (χ1n) is 5.75. The summed E-state index contributed by atoms with van der Waals surface area (Å²) in [5, 5.41) is 4.74. The molecule has 19 heavy (non-hydrogen) atoms. The van der Waals surface area contributed by atoms with Crippen molar-refractivity contribution in [3.05, 3.63) is 58.0 Å². The summed E-state index contributed by atoms with van der Waals surface area (Å²) in [7, 11) is 0. The molecular formula is C14H10BrClN2O. The fraction of sp³-hybridized carbons (Fsp3) is 0.0714. The highest BCUT2D eigenvalue weighted by Crippen LogP contribution is 2.30. The van der Waals surface area contributed by atoms with E-state index in [1.165, 1.54) is 0 Å². The highest BCUT2D eigenvalue weighted by Gasteiger charge is 2.11. The van der Waals surface area contributed by atoms with Gasteiger partial charge < -0.3 is 9.73 Å². The molecule has 96 valence electrons. The molecule has 0 unspecified atom stereocenters. The van der Waals surface area contributed by atoms with E-state index in [9.17, 15) is 0 Å². The third-order valence-electron chi connectivity index (χ3n) is 2.85. The van der Waals surface area contributed by atoms with E-state index < -0.39 is 0 Å². The van der Waals surface area contributed by atoms with E-state index in [0.717, 1.165) is 26.8 Å². The fourth-order valence-corrected chi connectivity index (χ4v) is 2.39. The molecule has 1 N–H and O–H groups in total. The molecule has 3 nitrogen and oxygen atoms in total. The molecule has 0 saturated carbocycles. The van der Waals surface area contributed by atoms with Crippen LogP contribution < -0.4 is 5.32 Å². The van der Waals surface area contributed by atoms with Crippen molar-refractivity contribution in [2.24, 2.45) is 0 Å². The average molecular weight is 338 g/mol. The minimum atomic E-state index is 0.429. The Morgan fingerprint density at radius 3 is 2.84 bits per heavy atom. The Bertz CT molecular complexity index is 709. The van der Waals surface area contributed by atoms with Crippen molar-refractivity contribution >= 4 is 44.2 Å². The number of benzene rings is 1. The summed E-state index contributed by atoms with van der Waals surface area (Å²) in [5.74, 6) is 0. The van der Waals surface area contributed by atoms with Gasteiger partial charge in [0.2, 0.25) is 0 Å². The Balaban J connectivity index is 1.85. The Kier molecular flexibility index (Phi) is 3.44. The first-order chi connectivity index (χ1) is 9.24. The molecule has 2 aromatic heterocycles. The molecule has 0 aliphatic carbocycles. The number of anilines is 1. The molecule has 3 aromatic rings. The van der Waals surface area contributed by atoms with Crippen molar-refractivity contribution < 1.29 is 4.42 Å². The molecule has 0 bridgehead atoms. The molecule has 1 aromatic carbocycles. The van der Waals surface area contributed by atoms with Crippen LogP contribution in [0.25, 0.3) is 11.0 Å². The van der Waals surface area contributed by atoms with E-state index in [2.05, 4.69) is 26.2 Å². The summed E-state index contributed by atoms with van der Waals surface area (Å²) in [5.41, 5.74) is 2.70. The van der Waals surface area contributed by atoms with Crippen LogP contribution in [0.4, 0.5) is 5.69 Å². The van der Waals surface area contributed by atoms with Gasteiger partial charge in [0.15, 0.2) is 5.22 Å². The number of furan rings is 1. The normalized spacial score (nSPS) is 10.8. The first kappa shape index (κ1) is 12.5. The van der Waals surface area contributed by atoms with Gasteiger partial charge in [-0.3, -0.25) is 0 Å². The van der Waals surface area contributed by atoms with Crippen molar-refractivity contribution in [2.45, 2.75) is 6.54 Å². The number of nitrogens with zero attached hydrogens (tertiary/aromatic N) is 1. The van der Waals surface area contributed by atoms with Gasteiger partial charge in [0, 0.05) is 17.5 Å². The minimum absolute atomic E-state index is 0.429. The molecule has 0 aliphatic heterocycles. The van der Waals surface area contributed by atoms with Gasteiger partial charge in [-0.15, -0.1) is 0 Å². The van der Waals surface area contributed by atoms with Crippen LogP contribution in [0.2, 0.25) is 5.22 Å². The number of hydrogen-bond donors (Lipinski definition) is 1. The number of halogens is 2. The quantitative estimate of drug-likeness (QED) is 0.694. The Hall–Kier alpha value is -1.52. The number of nitrogens with one attached hydrogen (secondary N) is 1. The van der Waals surface area contributed by atoms with Crippen LogP contribution in [0.3, 0.4) is 0 Å². The van der Waals surface area contributed by atoms with Crippen molar-refractivity contribution in [3.63, 3.8) is 0 Å². The van der Waals surface area contributed by atoms with Crippen LogP contribution in [0.5, 0.6) is 0 Å². The summed E-state index contributed by atoms with van der Waals surface area (Å²) < 4.78 is 6.32. The molecule has 5 heteroatoms. The zero-order valence-corrected chi connectivity index (χ0v) is 12.2. The largest absolute Gasteiger partial charge is 0.444 e. The molecule has 3 rings (SSSR count). The summed E-state index contributed by atoms with van der Waals surface area (Å²) in [6.07, 6.45) is 1.76. The van der Waals surface area contributed by atoms with Gasteiger partial charge in [-0.05, 0) is 45.7 Å². The first-order valence-corrected chi connectivity index (χ1v) is 6.92. The molecule has 0 atom stereocenters. The Morgan fingerprint density at radius 2 is 2.05 bits per heavy atom. The van der Waals surface area contributed by atoms with E-state index in [1.807, 2.05) is 36.4 Å². The number of aromatic nitrogens is 1. The number of fused-ring (bicyclic) bond motifs is 1. The van der Waals surface area contributed by atoms with Crippen LogP contribution in [-0.4, -0.2) is 4.98 Å². The second-order valence-corrected chi connectivity index (χ2v) is 5.23. The highest BCUT2D eigenvalue weighted by atomic mass is 79.9. The highest BCUT2D eigenvalue weighted by molar-refractivity contribution is 9.10. The number of para-hydroxylation sites is 1. The summed E-state index contributed by atoms with van der Waals surface area (Å²) in [6.45, 7) is 0.596. The van der Waals surface area contributed by atoms with Crippen molar-refractivity contribution in [2.75, 3.05) is 5.32 Å². The summed E-state index contributed by atoms with van der Waals surface area (Å²) in [6, 6.07) is 11.6. The molecule has 0 fully saturated rings. The van der Waals surface area contributed by atoms with Gasteiger partial charge in [-0.25, -0.2) is 4.98 Å². The lowest BCUT2D eigenvalue weighted by atomic mass is 10.2. The van der Waals surface area contributed by atoms with E-state index in [0.29, 0.717) is 11.8 Å². The number of rotatable bonds is 3. The van der Waals surface area contributed by atoms with Crippen molar-refractivity contribution in [3.8, 4) is 0 Å². The maximum absolute atomic E-state index is 6.13. The van der Waals surface area contributed by atoms with Gasteiger partial charge >= 0.3 is 0 Å². The minimum Gasteiger partial charge on any atom is -0.444 e. The maximum Gasteiger partial charge on any atom is 0.199 e. The van der Waals surface area contributed by atoms with Crippen LogP contribution in [0.1, 0.15) is 5.56 Å². The van der Waals surface area contributed by atoms with Gasteiger partial charge in [-0.1, -0.05) is 18.2 Å². The molecule has 2 heterocycles. The zero-order chi connectivity index (χ0) is 13.2.